The molecule has 0 aromatic heterocycles. The first-order valence-corrected chi connectivity index (χ1v) is 4.68. The van der Waals surface area contributed by atoms with Gasteiger partial charge in [-0.05, 0) is 18.1 Å². The van der Waals surface area contributed by atoms with E-state index in [1.165, 1.54) is 0 Å². The fourth-order valence-corrected chi connectivity index (χ4v) is 1.52. The standard InChI is InChI=1S/C11H11N3O/c1-7-10(11(15)14-13-7)9-4-2-8(6-12)3-5-9/h2-5H,6,12H2,1H3. The van der Waals surface area contributed by atoms with Gasteiger partial charge in [0.2, 0.25) is 0 Å². The number of rotatable bonds is 2. The molecule has 1 aliphatic rings. The fraction of sp³-hybridized carbons (Fsp3) is 0.182. The topological polar surface area (TPSA) is 67.8 Å². The van der Waals surface area contributed by atoms with E-state index in [2.05, 4.69) is 10.2 Å². The second-order valence-electron chi connectivity index (χ2n) is 3.37. The summed E-state index contributed by atoms with van der Waals surface area (Å²) in [4.78, 5) is 11.4. The van der Waals surface area contributed by atoms with E-state index in [0.29, 0.717) is 17.8 Å². The summed E-state index contributed by atoms with van der Waals surface area (Å²) in [6, 6.07) is 7.55. The van der Waals surface area contributed by atoms with Crippen molar-refractivity contribution in [2.75, 3.05) is 0 Å². The summed E-state index contributed by atoms with van der Waals surface area (Å²) in [5.41, 5.74) is 8.63. The molecule has 0 aliphatic carbocycles. The number of carbonyl (C=O) groups is 1. The molecule has 0 bridgehead atoms. The molecule has 2 N–H and O–H groups in total. The molecule has 0 atom stereocenters. The lowest BCUT2D eigenvalue weighted by atomic mass is 10.0. The van der Waals surface area contributed by atoms with Crippen molar-refractivity contribution in [3.8, 4) is 0 Å². The molecule has 1 aliphatic heterocycles. The monoisotopic (exact) mass is 201 g/mol. The van der Waals surface area contributed by atoms with Crippen molar-refractivity contribution >= 4 is 11.5 Å². The van der Waals surface area contributed by atoms with E-state index in [4.69, 9.17) is 5.73 Å². The van der Waals surface area contributed by atoms with E-state index in [1.54, 1.807) is 6.92 Å². The molecule has 0 radical (unpaired) electrons. The van der Waals surface area contributed by atoms with Crippen LogP contribution in [0.2, 0.25) is 0 Å². The van der Waals surface area contributed by atoms with E-state index in [-0.39, 0.29) is 5.91 Å². The quantitative estimate of drug-likeness (QED) is 0.793. The summed E-state index contributed by atoms with van der Waals surface area (Å²) in [5, 5.41) is 7.25. The molecule has 1 amide bonds. The first kappa shape index (κ1) is 9.73. The Hall–Kier alpha value is -1.81. The minimum Gasteiger partial charge on any atom is -0.326 e. The average molecular weight is 201 g/mol. The van der Waals surface area contributed by atoms with Crippen LogP contribution in [0.25, 0.3) is 5.57 Å². The van der Waals surface area contributed by atoms with Crippen molar-refractivity contribution in [2.45, 2.75) is 13.5 Å². The van der Waals surface area contributed by atoms with Gasteiger partial charge in [0.25, 0.3) is 5.91 Å². The van der Waals surface area contributed by atoms with Crippen LogP contribution in [-0.2, 0) is 11.3 Å². The SMILES string of the molecule is CC1=C(c2ccc(CN)cc2)C(=O)N=N1. The number of hydrogen-bond donors (Lipinski definition) is 1. The Balaban J connectivity index is 2.39. The predicted octanol–water partition coefficient (Wildman–Crippen LogP) is 1.87. The Bertz CT molecular complexity index is 457. The second kappa shape index (κ2) is 3.74. The Morgan fingerprint density at radius 2 is 1.87 bits per heavy atom. The lowest BCUT2D eigenvalue weighted by Crippen LogP contribution is -1.98. The van der Waals surface area contributed by atoms with Crippen LogP contribution in [0.3, 0.4) is 0 Å². The largest absolute Gasteiger partial charge is 0.326 e. The third kappa shape index (κ3) is 1.71. The molecule has 76 valence electrons. The zero-order valence-electron chi connectivity index (χ0n) is 8.40. The summed E-state index contributed by atoms with van der Waals surface area (Å²) in [6.07, 6.45) is 0. The van der Waals surface area contributed by atoms with E-state index >= 15 is 0 Å². The van der Waals surface area contributed by atoms with Crippen molar-refractivity contribution in [2.24, 2.45) is 16.0 Å². The Kier molecular flexibility index (Phi) is 2.43. The summed E-state index contributed by atoms with van der Waals surface area (Å²) >= 11 is 0. The van der Waals surface area contributed by atoms with Crippen LogP contribution in [0.15, 0.2) is 40.2 Å². The third-order valence-electron chi connectivity index (χ3n) is 2.34. The Morgan fingerprint density at radius 1 is 1.20 bits per heavy atom. The molecule has 1 aromatic rings. The molecule has 15 heavy (non-hydrogen) atoms. The van der Waals surface area contributed by atoms with Crippen LogP contribution in [-0.4, -0.2) is 5.91 Å². The van der Waals surface area contributed by atoms with Crippen molar-refractivity contribution in [1.82, 2.24) is 0 Å². The molecule has 0 fully saturated rings. The highest BCUT2D eigenvalue weighted by Crippen LogP contribution is 2.26. The molecule has 4 heteroatoms. The highest BCUT2D eigenvalue weighted by atomic mass is 16.2. The minimum atomic E-state index is -0.270. The molecule has 4 nitrogen and oxygen atoms in total. The third-order valence-corrected chi connectivity index (χ3v) is 2.34. The number of carbonyl (C=O) groups excluding carboxylic acids is 1. The van der Waals surface area contributed by atoms with Crippen molar-refractivity contribution in [1.29, 1.82) is 0 Å². The highest BCUT2D eigenvalue weighted by Gasteiger charge is 2.19. The fourth-order valence-electron chi connectivity index (χ4n) is 1.52. The van der Waals surface area contributed by atoms with Gasteiger partial charge in [-0.2, -0.15) is 5.11 Å². The van der Waals surface area contributed by atoms with Crippen LogP contribution < -0.4 is 5.73 Å². The maximum Gasteiger partial charge on any atom is 0.297 e. The maximum absolute atomic E-state index is 11.4. The number of amides is 1. The normalized spacial score (nSPS) is 15.2. The van der Waals surface area contributed by atoms with Gasteiger partial charge in [-0.25, -0.2) is 0 Å². The molecule has 0 saturated heterocycles. The lowest BCUT2D eigenvalue weighted by Gasteiger charge is -2.02. The van der Waals surface area contributed by atoms with Gasteiger partial charge < -0.3 is 5.73 Å². The smallest absolute Gasteiger partial charge is 0.297 e. The zero-order valence-corrected chi connectivity index (χ0v) is 8.40. The number of nitrogens with zero attached hydrogens (tertiary/aromatic N) is 2. The van der Waals surface area contributed by atoms with Gasteiger partial charge in [0.1, 0.15) is 0 Å². The first-order chi connectivity index (χ1) is 7.22. The summed E-state index contributed by atoms with van der Waals surface area (Å²) in [5.74, 6) is -0.270. The highest BCUT2D eigenvalue weighted by molar-refractivity contribution is 6.21. The van der Waals surface area contributed by atoms with Crippen molar-refractivity contribution < 1.29 is 4.79 Å². The molecule has 2 rings (SSSR count). The first-order valence-electron chi connectivity index (χ1n) is 4.68. The van der Waals surface area contributed by atoms with Crippen molar-refractivity contribution in [3.63, 3.8) is 0 Å². The van der Waals surface area contributed by atoms with Crippen LogP contribution >= 0.6 is 0 Å². The maximum atomic E-state index is 11.4. The van der Waals surface area contributed by atoms with Gasteiger partial charge in [0.05, 0.1) is 11.3 Å². The molecular formula is C11H11N3O. The van der Waals surface area contributed by atoms with Crippen LogP contribution in [0.1, 0.15) is 18.1 Å². The van der Waals surface area contributed by atoms with E-state index in [0.717, 1.165) is 11.1 Å². The van der Waals surface area contributed by atoms with Crippen LogP contribution in [0, 0.1) is 0 Å². The van der Waals surface area contributed by atoms with E-state index in [1.807, 2.05) is 24.3 Å². The van der Waals surface area contributed by atoms with Gasteiger partial charge in [-0.1, -0.05) is 24.3 Å². The van der Waals surface area contributed by atoms with Gasteiger partial charge in [-0.15, -0.1) is 5.11 Å². The van der Waals surface area contributed by atoms with Crippen molar-refractivity contribution in [3.05, 3.63) is 41.1 Å². The number of hydrogen-bond acceptors (Lipinski definition) is 3. The number of nitrogens with two attached hydrogens (primary N) is 1. The van der Waals surface area contributed by atoms with Crippen LogP contribution in [0.4, 0.5) is 0 Å². The molecule has 0 spiro atoms. The zero-order chi connectivity index (χ0) is 10.8. The summed E-state index contributed by atoms with van der Waals surface area (Å²) in [6.45, 7) is 2.28. The number of azo groups is 1. The van der Waals surface area contributed by atoms with Gasteiger partial charge in [0, 0.05) is 6.54 Å². The predicted molar refractivity (Wildman–Crippen MR) is 56.8 cm³/mol. The molecular weight excluding hydrogens is 190 g/mol. The molecule has 1 heterocycles. The van der Waals surface area contributed by atoms with E-state index < -0.39 is 0 Å². The molecule has 1 aromatic carbocycles. The Labute approximate surface area is 87.5 Å². The summed E-state index contributed by atoms with van der Waals surface area (Å²) < 4.78 is 0. The van der Waals surface area contributed by atoms with Gasteiger partial charge in [-0.3, -0.25) is 4.79 Å². The Morgan fingerprint density at radius 3 is 2.33 bits per heavy atom. The number of allylic oxidation sites excluding steroid dienone is 1. The van der Waals surface area contributed by atoms with Gasteiger partial charge in [0.15, 0.2) is 0 Å². The molecule has 0 saturated carbocycles. The van der Waals surface area contributed by atoms with Crippen LogP contribution in [0.5, 0.6) is 0 Å². The molecule has 0 unspecified atom stereocenters. The average Bonchev–Trinajstić information content (AvgIpc) is 2.59. The second-order valence-corrected chi connectivity index (χ2v) is 3.37. The van der Waals surface area contributed by atoms with E-state index in [9.17, 15) is 4.79 Å². The van der Waals surface area contributed by atoms with Gasteiger partial charge >= 0.3 is 0 Å². The lowest BCUT2D eigenvalue weighted by molar-refractivity contribution is -0.112. The summed E-state index contributed by atoms with van der Waals surface area (Å²) in [7, 11) is 0. The minimum absolute atomic E-state index is 0.270. The number of benzene rings is 1.